The number of imidazole rings is 1. The highest BCUT2D eigenvalue weighted by atomic mass is 19.4. The third kappa shape index (κ3) is 2.36. The van der Waals surface area contributed by atoms with E-state index in [-0.39, 0.29) is 22.6 Å². The van der Waals surface area contributed by atoms with E-state index in [9.17, 15) is 18.0 Å². The number of rotatable bonds is 2. The third-order valence-corrected chi connectivity index (χ3v) is 3.54. The fraction of sp³-hybridized carbons (Fsp3) is 0.0714. The first-order valence-electron chi connectivity index (χ1n) is 6.81. The molecule has 0 saturated heterocycles. The second-order valence-electron chi connectivity index (χ2n) is 5.09. The van der Waals surface area contributed by atoms with Crippen LogP contribution in [0.2, 0.25) is 0 Å². The van der Waals surface area contributed by atoms with E-state index >= 15 is 0 Å². The predicted octanol–water partition coefficient (Wildman–Crippen LogP) is 2.05. The molecule has 8 nitrogen and oxygen atoms in total. The molecule has 4 aromatic rings. The van der Waals surface area contributed by atoms with Crippen LogP contribution in [0.4, 0.5) is 13.2 Å². The normalized spacial score (nSPS) is 12.1. The molecule has 4 aromatic heterocycles. The van der Waals surface area contributed by atoms with Gasteiger partial charge in [-0.1, -0.05) is 0 Å². The van der Waals surface area contributed by atoms with Crippen LogP contribution in [0.15, 0.2) is 35.2 Å². The fourth-order valence-corrected chi connectivity index (χ4v) is 2.48. The highest BCUT2D eigenvalue weighted by molar-refractivity contribution is 5.95. The zero-order chi connectivity index (χ0) is 17.8. The minimum atomic E-state index is -4.69. The average molecular weight is 348 g/mol. The van der Waals surface area contributed by atoms with E-state index in [2.05, 4.69) is 20.2 Å². The Bertz CT molecular complexity index is 1120. The van der Waals surface area contributed by atoms with Crippen LogP contribution in [-0.2, 0) is 6.18 Å². The molecule has 0 bridgehead atoms. The van der Waals surface area contributed by atoms with Crippen molar-refractivity contribution in [2.75, 3.05) is 0 Å². The maximum atomic E-state index is 13.4. The Morgan fingerprint density at radius 1 is 1.24 bits per heavy atom. The van der Waals surface area contributed by atoms with Gasteiger partial charge in [0.1, 0.15) is 22.7 Å². The quantitative estimate of drug-likeness (QED) is 0.593. The minimum Gasteiger partial charge on any atom is -0.422 e. The second-order valence-corrected chi connectivity index (χ2v) is 5.09. The van der Waals surface area contributed by atoms with Crippen LogP contribution in [-0.4, -0.2) is 30.5 Å². The van der Waals surface area contributed by atoms with Crippen LogP contribution >= 0.6 is 0 Å². The number of carbonyl (C=O) groups excluding carboxylic acids is 1. The summed E-state index contributed by atoms with van der Waals surface area (Å²) in [7, 11) is 0. The molecule has 0 unspecified atom stereocenters. The molecule has 0 aromatic carbocycles. The highest BCUT2D eigenvalue weighted by Crippen LogP contribution is 2.35. The maximum Gasteiger partial charge on any atom is 0.417 e. The molecule has 1 amide bonds. The van der Waals surface area contributed by atoms with E-state index in [0.29, 0.717) is 11.7 Å². The van der Waals surface area contributed by atoms with Gasteiger partial charge < -0.3 is 10.2 Å². The average Bonchev–Trinajstić information content (AvgIpc) is 3.21. The molecule has 0 atom stereocenters. The number of pyridine rings is 2. The van der Waals surface area contributed by atoms with Crippen molar-refractivity contribution in [1.82, 2.24) is 24.6 Å². The van der Waals surface area contributed by atoms with E-state index in [1.54, 1.807) is 0 Å². The Kier molecular flexibility index (Phi) is 3.01. The van der Waals surface area contributed by atoms with E-state index in [1.807, 2.05) is 0 Å². The van der Waals surface area contributed by atoms with Crippen LogP contribution < -0.4 is 5.73 Å². The van der Waals surface area contributed by atoms with E-state index in [1.165, 1.54) is 22.7 Å². The van der Waals surface area contributed by atoms with Crippen LogP contribution in [0.3, 0.4) is 0 Å². The predicted molar refractivity (Wildman–Crippen MR) is 77.3 cm³/mol. The molecular weight excluding hydrogens is 341 g/mol. The number of alkyl halides is 3. The maximum absolute atomic E-state index is 13.4. The van der Waals surface area contributed by atoms with Gasteiger partial charge in [-0.15, -0.1) is 10.2 Å². The Morgan fingerprint density at radius 3 is 2.68 bits per heavy atom. The lowest BCUT2D eigenvalue weighted by atomic mass is 10.1. The molecular formula is C14H7F3N6O2. The van der Waals surface area contributed by atoms with Gasteiger partial charge in [0.2, 0.25) is 6.39 Å². The number of primary amides is 1. The summed E-state index contributed by atoms with van der Waals surface area (Å²) in [5.41, 5.74) is 4.04. The third-order valence-electron chi connectivity index (χ3n) is 3.54. The second kappa shape index (κ2) is 5.00. The number of hydrogen-bond donors (Lipinski definition) is 1. The summed E-state index contributed by atoms with van der Waals surface area (Å²) in [4.78, 5) is 19.5. The molecule has 2 N–H and O–H groups in total. The van der Waals surface area contributed by atoms with Gasteiger partial charge in [0.25, 0.3) is 11.8 Å². The molecule has 0 fully saturated rings. The molecule has 126 valence electrons. The number of hydrogen-bond acceptors (Lipinski definition) is 6. The SMILES string of the molecule is NC(=O)c1cc(C(F)(F)F)c2ccc3nc(-c4nnco4)cn3c2n1. The Morgan fingerprint density at radius 2 is 2.04 bits per heavy atom. The zero-order valence-electron chi connectivity index (χ0n) is 12.2. The van der Waals surface area contributed by atoms with Crippen molar-refractivity contribution >= 4 is 22.6 Å². The van der Waals surface area contributed by atoms with Gasteiger partial charge in [-0.05, 0) is 18.2 Å². The largest absolute Gasteiger partial charge is 0.422 e. The van der Waals surface area contributed by atoms with Crippen molar-refractivity contribution in [3.63, 3.8) is 0 Å². The van der Waals surface area contributed by atoms with Crippen LogP contribution in [0.1, 0.15) is 16.1 Å². The summed E-state index contributed by atoms with van der Waals surface area (Å²) in [6, 6.07) is 3.26. The van der Waals surface area contributed by atoms with E-state index in [0.717, 1.165) is 6.39 Å². The van der Waals surface area contributed by atoms with Crippen LogP contribution in [0.25, 0.3) is 28.3 Å². The first-order valence-corrected chi connectivity index (χ1v) is 6.81. The number of fused-ring (bicyclic) bond motifs is 3. The monoisotopic (exact) mass is 348 g/mol. The summed E-state index contributed by atoms with van der Waals surface area (Å²) in [6.45, 7) is 0. The molecule has 0 radical (unpaired) electrons. The number of amides is 1. The van der Waals surface area contributed by atoms with Crippen molar-refractivity contribution in [2.24, 2.45) is 5.73 Å². The fourth-order valence-electron chi connectivity index (χ4n) is 2.48. The molecule has 4 heterocycles. The summed E-state index contributed by atoms with van der Waals surface area (Å²) < 4.78 is 46.4. The molecule has 4 rings (SSSR count). The number of nitrogens with zero attached hydrogens (tertiary/aromatic N) is 5. The summed E-state index contributed by atoms with van der Waals surface area (Å²) in [5.74, 6) is -0.972. The summed E-state index contributed by atoms with van der Waals surface area (Å²) >= 11 is 0. The lowest BCUT2D eigenvalue weighted by Crippen LogP contribution is -2.17. The molecule has 0 aliphatic carbocycles. The van der Waals surface area contributed by atoms with Crippen molar-refractivity contribution in [3.05, 3.63) is 42.0 Å². The first-order chi connectivity index (χ1) is 11.8. The van der Waals surface area contributed by atoms with Gasteiger partial charge in [0.15, 0.2) is 0 Å². The molecule has 0 spiro atoms. The van der Waals surface area contributed by atoms with Gasteiger partial charge in [-0.2, -0.15) is 13.2 Å². The van der Waals surface area contributed by atoms with Crippen molar-refractivity contribution in [2.45, 2.75) is 6.18 Å². The molecule has 0 aliphatic heterocycles. The minimum absolute atomic E-state index is 0.0963. The molecule has 0 aliphatic rings. The van der Waals surface area contributed by atoms with Crippen molar-refractivity contribution in [1.29, 1.82) is 0 Å². The molecule has 25 heavy (non-hydrogen) atoms. The van der Waals surface area contributed by atoms with Crippen molar-refractivity contribution < 1.29 is 22.4 Å². The topological polar surface area (TPSA) is 112 Å². The van der Waals surface area contributed by atoms with Crippen LogP contribution in [0.5, 0.6) is 0 Å². The number of nitrogens with two attached hydrogens (primary N) is 1. The molecule has 0 saturated carbocycles. The smallest absolute Gasteiger partial charge is 0.417 e. The van der Waals surface area contributed by atoms with Crippen molar-refractivity contribution in [3.8, 4) is 11.6 Å². The number of halogens is 3. The molecule has 11 heteroatoms. The van der Waals surface area contributed by atoms with E-state index < -0.39 is 23.3 Å². The van der Waals surface area contributed by atoms with Gasteiger partial charge >= 0.3 is 6.18 Å². The number of aromatic nitrogens is 5. The lowest BCUT2D eigenvalue weighted by molar-refractivity contribution is -0.136. The lowest BCUT2D eigenvalue weighted by Gasteiger charge is -2.12. The van der Waals surface area contributed by atoms with Crippen LogP contribution in [0, 0.1) is 0 Å². The van der Waals surface area contributed by atoms with Gasteiger partial charge in [-0.3, -0.25) is 9.20 Å². The highest BCUT2D eigenvalue weighted by Gasteiger charge is 2.34. The van der Waals surface area contributed by atoms with Gasteiger partial charge in [-0.25, -0.2) is 9.97 Å². The standard InChI is InChI=1S/C14H7F3N6O2/c15-14(16,17)7-3-8(11(18)24)21-12-6(7)1-2-10-20-9(4-23(10)12)13-22-19-5-25-13/h1-5H,(H2,18,24). The summed E-state index contributed by atoms with van der Waals surface area (Å²) in [6.07, 6.45) is -2.19. The van der Waals surface area contributed by atoms with Gasteiger partial charge in [0.05, 0.1) is 5.56 Å². The Hall–Kier alpha value is -3.50. The Balaban J connectivity index is 2.09. The zero-order valence-corrected chi connectivity index (χ0v) is 12.2. The number of carbonyl (C=O) groups is 1. The summed E-state index contributed by atoms with van der Waals surface area (Å²) in [5, 5.41) is 7.03. The van der Waals surface area contributed by atoms with E-state index in [4.69, 9.17) is 10.2 Å². The first kappa shape index (κ1) is 15.1. The van der Waals surface area contributed by atoms with Gasteiger partial charge in [0, 0.05) is 11.6 Å². The Labute approximate surface area is 136 Å².